The summed E-state index contributed by atoms with van der Waals surface area (Å²) in [6.45, 7) is 7.86. The first-order valence-electron chi connectivity index (χ1n) is 12.5. The van der Waals surface area contributed by atoms with Crippen molar-refractivity contribution in [1.29, 1.82) is 0 Å². The molecule has 1 N–H and O–H groups in total. The standard InChI is InChI=1S/C28H33N3O6S2/c1-5-8-13-24-29-26(38-4)25(27(32)36-7-3)31(24)19-20-14-16-21(17-15-20)22-11-9-10-12-23(22)39(34,35)30-28(33)37-18-6-2/h6,9-12,14-17H,2,5,7-8,13,18-19H2,1,3-4H3,(H,30,33). The Morgan fingerprint density at radius 2 is 1.82 bits per heavy atom. The number of rotatable bonds is 13. The van der Waals surface area contributed by atoms with Gasteiger partial charge in [0.15, 0.2) is 5.69 Å². The third kappa shape index (κ3) is 7.51. The van der Waals surface area contributed by atoms with Crippen molar-refractivity contribution in [2.24, 2.45) is 0 Å². The number of amides is 1. The molecule has 1 amide bonds. The molecule has 39 heavy (non-hydrogen) atoms. The van der Waals surface area contributed by atoms with E-state index < -0.39 is 22.1 Å². The van der Waals surface area contributed by atoms with E-state index in [-0.39, 0.29) is 18.1 Å². The van der Waals surface area contributed by atoms with Crippen molar-refractivity contribution in [1.82, 2.24) is 14.3 Å². The zero-order valence-electron chi connectivity index (χ0n) is 22.3. The number of thioether (sulfide) groups is 1. The van der Waals surface area contributed by atoms with Crippen molar-refractivity contribution in [3.8, 4) is 11.1 Å². The van der Waals surface area contributed by atoms with Crippen LogP contribution in [0.1, 0.15) is 48.6 Å². The quantitative estimate of drug-likeness (QED) is 0.164. The van der Waals surface area contributed by atoms with Gasteiger partial charge in [0.1, 0.15) is 17.5 Å². The number of aryl methyl sites for hydroxylation is 1. The van der Waals surface area contributed by atoms with Crippen LogP contribution < -0.4 is 4.72 Å². The highest BCUT2D eigenvalue weighted by molar-refractivity contribution is 7.98. The maximum absolute atomic E-state index is 12.9. The number of benzene rings is 2. The van der Waals surface area contributed by atoms with Gasteiger partial charge >= 0.3 is 12.1 Å². The van der Waals surface area contributed by atoms with E-state index in [2.05, 4.69) is 13.5 Å². The second-order valence-electron chi connectivity index (χ2n) is 8.48. The summed E-state index contributed by atoms with van der Waals surface area (Å²) < 4.78 is 39.8. The van der Waals surface area contributed by atoms with E-state index >= 15 is 0 Å². The Kier molecular flexibility index (Phi) is 10.8. The normalized spacial score (nSPS) is 11.2. The summed E-state index contributed by atoms with van der Waals surface area (Å²) in [7, 11) is -4.19. The summed E-state index contributed by atoms with van der Waals surface area (Å²) in [5.41, 5.74) is 2.41. The molecule has 0 aliphatic rings. The fraction of sp³-hybridized carbons (Fsp3) is 0.321. The fourth-order valence-corrected chi connectivity index (χ4v) is 5.66. The highest BCUT2D eigenvalue weighted by Crippen LogP contribution is 2.29. The van der Waals surface area contributed by atoms with E-state index in [0.29, 0.717) is 28.4 Å². The molecule has 0 unspecified atom stereocenters. The van der Waals surface area contributed by atoms with Gasteiger partial charge in [0.05, 0.1) is 11.5 Å². The number of sulfonamides is 1. The van der Waals surface area contributed by atoms with Crippen LogP contribution in [0.25, 0.3) is 11.1 Å². The van der Waals surface area contributed by atoms with E-state index in [1.807, 2.05) is 39.8 Å². The first kappa shape index (κ1) is 30.0. The number of esters is 1. The molecule has 11 heteroatoms. The van der Waals surface area contributed by atoms with Gasteiger partial charge in [0.2, 0.25) is 0 Å². The summed E-state index contributed by atoms with van der Waals surface area (Å²) in [4.78, 5) is 29.4. The first-order valence-corrected chi connectivity index (χ1v) is 15.3. The fourth-order valence-electron chi connectivity index (χ4n) is 3.95. The van der Waals surface area contributed by atoms with Gasteiger partial charge in [-0.2, -0.15) is 0 Å². The maximum atomic E-state index is 12.9. The van der Waals surface area contributed by atoms with Crippen molar-refractivity contribution in [2.75, 3.05) is 19.5 Å². The summed E-state index contributed by atoms with van der Waals surface area (Å²) in [6.07, 6.45) is 4.81. The van der Waals surface area contributed by atoms with E-state index in [9.17, 15) is 18.0 Å². The van der Waals surface area contributed by atoms with E-state index in [1.54, 1.807) is 25.1 Å². The van der Waals surface area contributed by atoms with Crippen LogP contribution in [0.5, 0.6) is 0 Å². The summed E-state index contributed by atoms with van der Waals surface area (Å²) >= 11 is 1.41. The zero-order valence-corrected chi connectivity index (χ0v) is 23.9. The molecule has 1 heterocycles. The molecule has 0 saturated carbocycles. The molecule has 0 bridgehead atoms. The topological polar surface area (TPSA) is 117 Å². The second-order valence-corrected chi connectivity index (χ2v) is 10.9. The minimum Gasteiger partial charge on any atom is -0.461 e. The molecule has 0 spiro atoms. The van der Waals surface area contributed by atoms with Crippen molar-refractivity contribution in [2.45, 2.75) is 49.6 Å². The van der Waals surface area contributed by atoms with Crippen LogP contribution in [-0.2, 0) is 32.5 Å². The van der Waals surface area contributed by atoms with Crippen LogP contribution in [0.3, 0.4) is 0 Å². The number of unbranched alkanes of at least 4 members (excludes halogenated alkanes) is 1. The summed E-state index contributed by atoms with van der Waals surface area (Å²) in [5.74, 6) is 0.408. The third-order valence-electron chi connectivity index (χ3n) is 5.76. The van der Waals surface area contributed by atoms with Crippen molar-refractivity contribution < 1.29 is 27.5 Å². The van der Waals surface area contributed by atoms with E-state index in [0.717, 1.165) is 30.7 Å². The molecule has 0 saturated heterocycles. The number of carbonyl (C=O) groups excluding carboxylic acids is 2. The molecule has 0 aliphatic heterocycles. The van der Waals surface area contributed by atoms with Crippen LogP contribution in [0.2, 0.25) is 0 Å². The Hall–Kier alpha value is -3.57. The largest absolute Gasteiger partial charge is 0.461 e. The predicted octanol–water partition coefficient (Wildman–Crippen LogP) is 5.44. The molecule has 3 rings (SSSR count). The second kappa shape index (κ2) is 14.0. The first-order chi connectivity index (χ1) is 18.7. The monoisotopic (exact) mass is 571 g/mol. The van der Waals surface area contributed by atoms with Gasteiger partial charge in [-0.25, -0.2) is 27.7 Å². The number of imidazole rings is 1. The molecule has 208 valence electrons. The number of carbonyl (C=O) groups is 2. The van der Waals surface area contributed by atoms with Gasteiger partial charge in [-0.05, 0) is 36.8 Å². The molecule has 0 aliphatic carbocycles. The molecule has 2 aromatic carbocycles. The molecule has 0 fully saturated rings. The van der Waals surface area contributed by atoms with Crippen LogP contribution in [0.15, 0.2) is 71.1 Å². The number of hydrogen-bond donors (Lipinski definition) is 1. The van der Waals surface area contributed by atoms with Crippen LogP contribution in [0.4, 0.5) is 4.79 Å². The van der Waals surface area contributed by atoms with E-state index in [1.165, 1.54) is 23.9 Å². The lowest BCUT2D eigenvalue weighted by Crippen LogP contribution is -2.31. The molecular formula is C28H33N3O6S2. The number of aromatic nitrogens is 2. The van der Waals surface area contributed by atoms with Crippen LogP contribution in [0, 0.1) is 0 Å². The summed E-state index contributed by atoms with van der Waals surface area (Å²) in [5, 5.41) is 0.634. The Balaban J connectivity index is 1.94. The summed E-state index contributed by atoms with van der Waals surface area (Å²) in [6, 6.07) is 13.8. The van der Waals surface area contributed by atoms with Gasteiger partial charge in [0, 0.05) is 18.5 Å². The molecule has 9 nitrogen and oxygen atoms in total. The minimum atomic E-state index is -4.19. The van der Waals surface area contributed by atoms with Gasteiger partial charge in [-0.3, -0.25) is 0 Å². The Labute approximate surface area is 233 Å². The van der Waals surface area contributed by atoms with Gasteiger partial charge < -0.3 is 14.0 Å². The molecule has 1 aromatic heterocycles. The number of hydrogen-bond acceptors (Lipinski definition) is 8. The number of nitrogens with one attached hydrogen (secondary N) is 1. The average molecular weight is 572 g/mol. The average Bonchev–Trinajstić information content (AvgIpc) is 3.28. The van der Waals surface area contributed by atoms with Gasteiger partial charge in [-0.15, -0.1) is 11.8 Å². The Bertz CT molecular complexity index is 1420. The molecule has 3 aromatic rings. The molecular weight excluding hydrogens is 538 g/mol. The lowest BCUT2D eigenvalue weighted by Gasteiger charge is -2.14. The minimum absolute atomic E-state index is 0.0565. The van der Waals surface area contributed by atoms with Gasteiger partial charge in [0.25, 0.3) is 10.0 Å². The molecule has 0 radical (unpaired) electrons. The third-order valence-corrected chi connectivity index (χ3v) is 7.80. The highest BCUT2D eigenvalue weighted by atomic mass is 32.2. The number of ether oxygens (including phenoxy) is 2. The van der Waals surface area contributed by atoms with Gasteiger partial charge in [-0.1, -0.05) is 68.5 Å². The Morgan fingerprint density at radius 1 is 1.10 bits per heavy atom. The molecule has 0 atom stereocenters. The van der Waals surface area contributed by atoms with Crippen molar-refractivity contribution in [3.05, 3.63) is 78.3 Å². The van der Waals surface area contributed by atoms with E-state index in [4.69, 9.17) is 14.5 Å². The van der Waals surface area contributed by atoms with Crippen molar-refractivity contribution in [3.63, 3.8) is 0 Å². The highest BCUT2D eigenvalue weighted by Gasteiger charge is 2.25. The number of nitrogens with zero attached hydrogens (tertiary/aromatic N) is 2. The SMILES string of the molecule is C=CCOC(=O)NS(=O)(=O)c1ccccc1-c1ccc(Cn2c(CCCC)nc(SC)c2C(=O)OCC)cc1. The maximum Gasteiger partial charge on any atom is 0.421 e. The lowest BCUT2D eigenvalue weighted by molar-refractivity contribution is 0.0509. The predicted molar refractivity (Wildman–Crippen MR) is 151 cm³/mol. The van der Waals surface area contributed by atoms with Crippen LogP contribution in [-0.4, -0.2) is 49.5 Å². The smallest absolute Gasteiger partial charge is 0.421 e. The lowest BCUT2D eigenvalue weighted by atomic mass is 10.0. The van der Waals surface area contributed by atoms with Crippen molar-refractivity contribution >= 4 is 33.8 Å². The zero-order chi connectivity index (χ0) is 28.4. The van der Waals surface area contributed by atoms with Crippen LogP contribution >= 0.6 is 11.8 Å². The Morgan fingerprint density at radius 3 is 2.46 bits per heavy atom.